The predicted molar refractivity (Wildman–Crippen MR) is 111 cm³/mol. The van der Waals surface area contributed by atoms with Crippen molar-refractivity contribution in [3.05, 3.63) is 53.1 Å². The Morgan fingerprint density at radius 1 is 1.10 bits per heavy atom. The Morgan fingerprint density at radius 3 is 2.48 bits per heavy atom. The van der Waals surface area contributed by atoms with Crippen molar-refractivity contribution in [2.24, 2.45) is 0 Å². The standard InChI is InChI=1S/C20H20ClN3O4S/c1-29(27,28)23-15-8-9-24-18(11-15)19(25)22-17-7-4-13(10-16(17)20(24)26)12-2-5-14(21)6-3-12/h2-7,10,15,18,23H,8-9,11H2,1H3,(H,22,25). The van der Waals surface area contributed by atoms with Crippen LogP contribution in [0.1, 0.15) is 23.2 Å². The first-order chi connectivity index (χ1) is 13.7. The first-order valence-electron chi connectivity index (χ1n) is 9.20. The zero-order valence-electron chi connectivity index (χ0n) is 15.7. The van der Waals surface area contributed by atoms with Crippen LogP contribution in [0.4, 0.5) is 5.69 Å². The van der Waals surface area contributed by atoms with Crippen molar-refractivity contribution in [1.82, 2.24) is 9.62 Å². The lowest BCUT2D eigenvalue weighted by Crippen LogP contribution is -2.54. The van der Waals surface area contributed by atoms with Gasteiger partial charge >= 0.3 is 0 Å². The summed E-state index contributed by atoms with van der Waals surface area (Å²) in [5.41, 5.74) is 2.63. The molecule has 2 amide bonds. The third-order valence-electron chi connectivity index (χ3n) is 5.23. The molecule has 2 aliphatic rings. The zero-order valence-corrected chi connectivity index (χ0v) is 17.3. The fraction of sp³-hybridized carbons (Fsp3) is 0.300. The van der Waals surface area contributed by atoms with Gasteiger partial charge in [0.25, 0.3) is 5.91 Å². The molecule has 2 unspecified atom stereocenters. The van der Waals surface area contributed by atoms with Crippen LogP contribution in [0.2, 0.25) is 5.02 Å². The minimum absolute atomic E-state index is 0.239. The van der Waals surface area contributed by atoms with E-state index in [9.17, 15) is 18.0 Å². The molecular formula is C20H20ClN3O4S. The van der Waals surface area contributed by atoms with Crippen LogP contribution in [0, 0.1) is 0 Å². The lowest BCUT2D eigenvalue weighted by molar-refractivity contribution is -0.121. The van der Waals surface area contributed by atoms with E-state index in [0.717, 1.165) is 17.4 Å². The second-order valence-corrected chi connectivity index (χ2v) is 9.60. The van der Waals surface area contributed by atoms with Crippen molar-refractivity contribution in [2.45, 2.75) is 24.9 Å². The van der Waals surface area contributed by atoms with Crippen LogP contribution in [-0.4, -0.2) is 50.0 Å². The summed E-state index contributed by atoms with van der Waals surface area (Å²) >= 11 is 5.95. The van der Waals surface area contributed by atoms with Gasteiger partial charge < -0.3 is 10.2 Å². The Bertz CT molecular complexity index is 1090. The summed E-state index contributed by atoms with van der Waals surface area (Å²) in [5, 5.41) is 3.45. The van der Waals surface area contributed by atoms with E-state index in [4.69, 9.17) is 11.6 Å². The number of amides is 2. The van der Waals surface area contributed by atoms with Crippen LogP contribution in [0.5, 0.6) is 0 Å². The first-order valence-corrected chi connectivity index (χ1v) is 11.5. The molecule has 9 heteroatoms. The van der Waals surface area contributed by atoms with Gasteiger partial charge in [-0.3, -0.25) is 9.59 Å². The van der Waals surface area contributed by atoms with Gasteiger partial charge in [-0.25, -0.2) is 13.1 Å². The number of carbonyl (C=O) groups excluding carboxylic acids is 2. The quantitative estimate of drug-likeness (QED) is 0.777. The second kappa shape index (κ2) is 7.44. The number of hydrogen-bond donors (Lipinski definition) is 2. The summed E-state index contributed by atoms with van der Waals surface area (Å²) in [6.45, 7) is 0.300. The van der Waals surface area contributed by atoms with Crippen molar-refractivity contribution in [3.8, 4) is 11.1 Å². The SMILES string of the molecule is CS(=O)(=O)NC1CCN2C(=O)c3cc(-c4ccc(Cl)cc4)ccc3NC(=O)C2C1. The smallest absolute Gasteiger partial charge is 0.256 e. The summed E-state index contributed by atoms with van der Waals surface area (Å²) in [6, 6.07) is 11.5. The van der Waals surface area contributed by atoms with E-state index < -0.39 is 16.1 Å². The van der Waals surface area contributed by atoms with Gasteiger partial charge in [0.2, 0.25) is 15.9 Å². The Labute approximate surface area is 174 Å². The van der Waals surface area contributed by atoms with Crippen molar-refractivity contribution < 1.29 is 18.0 Å². The summed E-state index contributed by atoms with van der Waals surface area (Å²) in [4.78, 5) is 27.5. The van der Waals surface area contributed by atoms with Crippen LogP contribution in [0.3, 0.4) is 0 Å². The van der Waals surface area contributed by atoms with Crippen molar-refractivity contribution in [2.75, 3.05) is 18.1 Å². The van der Waals surface area contributed by atoms with E-state index >= 15 is 0 Å². The van der Waals surface area contributed by atoms with Crippen LogP contribution in [-0.2, 0) is 14.8 Å². The Balaban J connectivity index is 1.65. The molecular weight excluding hydrogens is 414 g/mol. The van der Waals surface area contributed by atoms with E-state index in [1.165, 1.54) is 4.90 Å². The van der Waals surface area contributed by atoms with E-state index in [1.54, 1.807) is 24.3 Å². The molecule has 2 N–H and O–H groups in total. The number of nitrogens with zero attached hydrogens (tertiary/aromatic N) is 1. The van der Waals surface area contributed by atoms with Crippen LogP contribution >= 0.6 is 11.6 Å². The maximum absolute atomic E-state index is 13.2. The largest absolute Gasteiger partial charge is 0.326 e. The highest BCUT2D eigenvalue weighted by atomic mass is 35.5. The Kier molecular flexibility index (Phi) is 5.10. The van der Waals surface area contributed by atoms with Crippen molar-refractivity contribution in [1.29, 1.82) is 0 Å². The number of piperidine rings is 1. The van der Waals surface area contributed by atoms with Gasteiger partial charge in [-0.1, -0.05) is 29.8 Å². The van der Waals surface area contributed by atoms with Gasteiger partial charge in [0.05, 0.1) is 17.5 Å². The highest BCUT2D eigenvalue weighted by Crippen LogP contribution is 2.32. The fourth-order valence-corrected chi connectivity index (χ4v) is 4.84. The number of anilines is 1. The van der Waals surface area contributed by atoms with Crippen LogP contribution in [0.25, 0.3) is 11.1 Å². The number of nitrogens with one attached hydrogen (secondary N) is 2. The van der Waals surface area contributed by atoms with Gasteiger partial charge in [-0.2, -0.15) is 0 Å². The number of carbonyl (C=O) groups is 2. The second-order valence-electron chi connectivity index (χ2n) is 7.38. The molecule has 1 fully saturated rings. The van der Waals surface area contributed by atoms with Gasteiger partial charge in [0.1, 0.15) is 6.04 Å². The highest BCUT2D eigenvalue weighted by molar-refractivity contribution is 7.88. The summed E-state index contributed by atoms with van der Waals surface area (Å²) in [7, 11) is -3.39. The molecule has 0 saturated carbocycles. The summed E-state index contributed by atoms with van der Waals surface area (Å²) in [5.74, 6) is -0.548. The molecule has 1 saturated heterocycles. The van der Waals surface area contributed by atoms with Gasteiger partial charge in [0.15, 0.2) is 0 Å². The molecule has 0 radical (unpaired) electrons. The van der Waals surface area contributed by atoms with Gasteiger partial charge in [-0.05, 0) is 48.2 Å². The third kappa shape index (κ3) is 4.14. The van der Waals surface area contributed by atoms with E-state index in [2.05, 4.69) is 10.0 Å². The van der Waals surface area contributed by atoms with Crippen LogP contribution < -0.4 is 10.0 Å². The number of sulfonamides is 1. The molecule has 0 spiro atoms. The lowest BCUT2D eigenvalue weighted by atomic mass is 9.96. The number of benzene rings is 2. The molecule has 2 aromatic carbocycles. The van der Waals surface area contributed by atoms with Crippen LogP contribution in [0.15, 0.2) is 42.5 Å². The molecule has 2 heterocycles. The van der Waals surface area contributed by atoms with Gasteiger partial charge in [-0.15, -0.1) is 0 Å². The topological polar surface area (TPSA) is 95.6 Å². The maximum Gasteiger partial charge on any atom is 0.256 e. The lowest BCUT2D eigenvalue weighted by Gasteiger charge is -2.37. The molecule has 29 heavy (non-hydrogen) atoms. The van der Waals surface area contributed by atoms with Crippen molar-refractivity contribution >= 4 is 39.1 Å². The Morgan fingerprint density at radius 2 is 1.79 bits per heavy atom. The molecule has 0 aromatic heterocycles. The number of fused-ring (bicyclic) bond motifs is 2. The highest BCUT2D eigenvalue weighted by Gasteiger charge is 2.40. The third-order valence-corrected chi connectivity index (χ3v) is 6.25. The minimum atomic E-state index is -3.39. The molecule has 0 aliphatic carbocycles. The minimum Gasteiger partial charge on any atom is -0.326 e. The average Bonchev–Trinajstić information content (AvgIpc) is 2.76. The zero-order chi connectivity index (χ0) is 20.8. The van der Waals surface area contributed by atoms with Crippen molar-refractivity contribution in [3.63, 3.8) is 0 Å². The number of rotatable bonds is 3. The number of halogens is 1. The normalized spacial score (nSPS) is 21.8. The first kappa shape index (κ1) is 19.9. The van der Waals surface area contributed by atoms with Gasteiger partial charge in [0, 0.05) is 17.6 Å². The molecule has 152 valence electrons. The van der Waals surface area contributed by atoms with E-state index in [-0.39, 0.29) is 24.3 Å². The molecule has 2 aromatic rings. The average molecular weight is 434 g/mol. The summed E-state index contributed by atoms with van der Waals surface area (Å²) in [6.07, 6.45) is 1.78. The number of hydrogen-bond acceptors (Lipinski definition) is 4. The summed E-state index contributed by atoms with van der Waals surface area (Å²) < 4.78 is 25.6. The maximum atomic E-state index is 13.2. The monoisotopic (exact) mass is 433 g/mol. The van der Waals surface area contributed by atoms with E-state index in [0.29, 0.717) is 29.2 Å². The molecule has 2 aliphatic heterocycles. The van der Waals surface area contributed by atoms with E-state index in [1.807, 2.05) is 18.2 Å². The molecule has 7 nitrogen and oxygen atoms in total. The molecule has 0 bridgehead atoms. The fourth-order valence-electron chi connectivity index (χ4n) is 3.89. The predicted octanol–water partition coefficient (Wildman–Crippen LogP) is 2.48. The molecule has 2 atom stereocenters. The molecule has 4 rings (SSSR count). The Hall–Kier alpha value is -2.42.